The average molecular weight is 220 g/mol. The highest BCUT2D eigenvalue weighted by molar-refractivity contribution is 5.47. The molecule has 1 aromatic rings. The van der Waals surface area contributed by atoms with Crippen molar-refractivity contribution in [2.45, 2.75) is 39.8 Å². The molecule has 16 heavy (non-hydrogen) atoms. The van der Waals surface area contributed by atoms with Gasteiger partial charge in [0, 0.05) is 25.3 Å². The van der Waals surface area contributed by atoms with Gasteiger partial charge in [0.15, 0.2) is 0 Å². The summed E-state index contributed by atoms with van der Waals surface area (Å²) in [4.78, 5) is 2.33. The fourth-order valence-electron chi connectivity index (χ4n) is 1.65. The molecule has 2 heteroatoms. The molecule has 0 aromatic heterocycles. The number of rotatable bonds is 6. The third-order valence-corrected chi connectivity index (χ3v) is 3.17. The van der Waals surface area contributed by atoms with Crippen LogP contribution in [0.5, 0.6) is 0 Å². The first-order chi connectivity index (χ1) is 7.69. The molecule has 0 fully saturated rings. The topological polar surface area (TPSA) is 15.3 Å². The minimum absolute atomic E-state index is 0.597. The molecule has 0 spiro atoms. The first kappa shape index (κ1) is 13.0. The second-order valence-electron chi connectivity index (χ2n) is 4.31. The van der Waals surface area contributed by atoms with Crippen molar-refractivity contribution in [3.05, 3.63) is 29.8 Å². The number of nitrogens with one attached hydrogen (secondary N) is 1. The smallest absolute Gasteiger partial charge is 0.0366 e. The predicted molar refractivity (Wildman–Crippen MR) is 72.0 cm³/mol. The van der Waals surface area contributed by atoms with E-state index in [2.05, 4.69) is 62.3 Å². The van der Waals surface area contributed by atoms with E-state index in [1.807, 2.05) is 0 Å². The summed E-state index contributed by atoms with van der Waals surface area (Å²) in [5.74, 6) is 0. The van der Waals surface area contributed by atoms with Gasteiger partial charge in [-0.15, -0.1) is 0 Å². The van der Waals surface area contributed by atoms with Crippen LogP contribution in [0.15, 0.2) is 24.3 Å². The Bertz CT molecular complexity index is 292. The van der Waals surface area contributed by atoms with Gasteiger partial charge in [-0.3, -0.25) is 0 Å². The monoisotopic (exact) mass is 220 g/mol. The fourth-order valence-corrected chi connectivity index (χ4v) is 1.65. The van der Waals surface area contributed by atoms with E-state index in [0.29, 0.717) is 6.04 Å². The van der Waals surface area contributed by atoms with Crippen molar-refractivity contribution in [2.24, 2.45) is 0 Å². The van der Waals surface area contributed by atoms with Gasteiger partial charge in [-0.1, -0.05) is 26.0 Å². The number of hydrogen-bond acceptors (Lipinski definition) is 2. The molecule has 2 nitrogen and oxygen atoms in total. The lowest BCUT2D eigenvalue weighted by Crippen LogP contribution is -2.27. The first-order valence-electron chi connectivity index (χ1n) is 6.21. The van der Waals surface area contributed by atoms with Gasteiger partial charge in [0.2, 0.25) is 0 Å². The van der Waals surface area contributed by atoms with Crippen LogP contribution in [0.3, 0.4) is 0 Å². The summed E-state index contributed by atoms with van der Waals surface area (Å²) in [5, 5.41) is 3.33. The Morgan fingerprint density at radius 1 is 1.19 bits per heavy atom. The molecule has 1 atom stereocenters. The molecule has 0 aliphatic rings. The normalized spacial score (nSPS) is 12.5. The number of benzene rings is 1. The highest BCUT2D eigenvalue weighted by atomic mass is 15.1. The summed E-state index contributed by atoms with van der Waals surface area (Å²) in [6.07, 6.45) is 1.18. The van der Waals surface area contributed by atoms with Gasteiger partial charge in [-0.25, -0.2) is 0 Å². The number of nitrogens with zero attached hydrogens (tertiary/aromatic N) is 1. The Hall–Kier alpha value is -1.02. The summed E-state index contributed by atoms with van der Waals surface area (Å²) in [6, 6.07) is 9.42. The maximum Gasteiger partial charge on any atom is 0.0366 e. The van der Waals surface area contributed by atoms with E-state index in [1.165, 1.54) is 17.7 Å². The van der Waals surface area contributed by atoms with Crippen LogP contribution >= 0.6 is 0 Å². The molecular formula is C14H24N2. The molecule has 1 rings (SSSR count). The molecule has 0 amide bonds. The zero-order valence-electron chi connectivity index (χ0n) is 11.0. The molecule has 0 radical (unpaired) electrons. The van der Waals surface area contributed by atoms with E-state index in [4.69, 9.17) is 0 Å². The molecule has 1 N–H and O–H groups in total. The molecule has 0 saturated carbocycles. The summed E-state index contributed by atoms with van der Waals surface area (Å²) >= 11 is 0. The van der Waals surface area contributed by atoms with Crippen molar-refractivity contribution >= 4 is 5.69 Å². The van der Waals surface area contributed by atoms with Gasteiger partial charge in [0.1, 0.15) is 0 Å². The first-order valence-corrected chi connectivity index (χ1v) is 6.21. The van der Waals surface area contributed by atoms with Gasteiger partial charge in [-0.05, 0) is 37.6 Å². The molecular weight excluding hydrogens is 196 g/mol. The van der Waals surface area contributed by atoms with Crippen LogP contribution in [0.4, 0.5) is 5.69 Å². The van der Waals surface area contributed by atoms with Gasteiger partial charge in [-0.2, -0.15) is 0 Å². The van der Waals surface area contributed by atoms with Crippen molar-refractivity contribution < 1.29 is 0 Å². The highest BCUT2D eigenvalue weighted by Gasteiger charge is 2.06. The Morgan fingerprint density at radius 3 is 2.31 bits per heavy atom. The molecule has 0 aliphatic heterocycles. The zero-order valence-corrected chi connectivity index (χ0v) is 11.0. The van der Waals surface area contributed by atoms with Crippen LogP contribution < -0.4 is 10.2 Å². The minimum atomic E-state index is 0.597. The minimum Gasteiger partial charge on any atom is -0.372 e. The van der Waals surface area contributed by atoms with Crippen molar-refractivity contribution in [3.63, 3.8) is 0 Å². The van der Waals surface area contributed by atoms with Crippen molar-refractivity contribution in [1.82, 2.24) is 5.32 Å². The van der Waals surface area contributed by atoms with Crippen LogP contribution in [0.1, 0.15) is 32.8 Å². The van der Waals surface area contributed by atoms with Gasteiger partial charge in [0.25, 0.3) is 0 Å². The quantitative estimate of drug-likeness (QED) is 0.792. The Labute approximate surface area is 99.7 Å². The van der Waals surface area contributed by atoms with E-state index in [9.17, 15) is 0 Å². The maximum absolute atomic E-state index is 3.33. The molecule has 1 unspecified atom stereocenters. The van der Waals surface area contributed by atoms with Crippen LogP contribution in [-0.2, 0) is 6.54 Å². The fraction of sp³-hybridized carbons (Fsp3) is 0.571. The van der Waals surface area contributed by atoms with E-state index >= 15 is 0 Å². The van der Waals surface area contributed by atoms with Crippen molar-refractivity contribution in [2.75, 3.05) is 18.5 Å². The molecule has 0 aliphatic carbocycles. The Morgan fingerprint density at radius 2 is 1.81 bits per heavy atom. The van der Waals surface area contributed by atoms with Crippen molar-refractivity contribution in [3.8, 4) is 0 Å². The van der Waals surface area contributed by atoms with Gasteiger partial charge >= 0.3 is 0 Å². The largest absolute Gasteiger partial charge is 0.372 e. The van der Waals surface area contributed by atoms with Crippen LogP contribution in [0.2, 0.25) is 0 Å². The molecule has 0 bridgehead atoms. The molecule has 90 valence electrons. The molecule has 1 aromatic carbocycles. The lowest BCUT2D eigenvalue weighted by atomic mass is 10.1. The van der Waals surface area contributed by atoms with Crippen LogP contribution in [0, 0.1) is 0 Å². The van der Waals surface area contributed by atoms with E-state index < -0.39 is 0 Å². The average Bonchev–Trinajstić information content (AvgIpc) is 2.35. The maximum atomic E-state index is 3.33. The summed E-state index contributed by atoms with van der Waals surface area (Å²) < 4.78 is 0. The number of anilines is 1. The van der Waals surface area contributed by atoms with Gasteiger partial charge < -0.3 is 10.2 Å². The lowest BCUT2D eigenvalue weighted by molar-refractivity contribution is 0.663. The lowest BCUT2D eigenvalue weighted by Gasteiger charge is -2.26. The van der Waals surface area contributed by atoms with Crippen LogP contribution in [-0.4, -0.2) is 19.6 Å². The molecule has 0 saturated heterocycles. The highest BCUT2D eigenvalue weighted by Crippen LogP contribution is 2.17. The van der Waals surface area contributed by atoms with Gasteiger partial charge in [0.05, 0.1) is 0 Å². The summed E-state index contributed by atoms with van der Waals surface area (Å²) in [7, 11) is 2.16. The molecule has 0 heterocycles. The third kappa shape index (κ3) is 3.53. The SMILES string of the molecule is CCNCc1ccc(N(C)C(C)CC)cc1. The van der Waals surface area contributed by atoms with Crippen molar-refractivity contribution in [1.29, 1.82) is 0 Å². The third-order valence-electron chi connectivity index (χ3n) is 3.17. The Balaban J connectivity index is 2.63. The number of hydrogen-bond donors (Lipinski definition) is 1. The Kier molecular flexibility index (Phi) is 5.33. The predicted octanol–water partition coefficient (Wildman–Crippen LogP) is 3.03. The summed E-state index contributed by atoms with van der Waals surface area (Å²) in [6.45, 7) is 8.59. The second kappa shape index (κ2) is 6.54. The van der Waals surface area contributed by atoms with E-state index in [1.54, 1.807) is 0 Å². The van der Waals surface area contributed by atoms with E-state index in [-0.39, 0.29) is 0 Å². The van der Waals surface area contributed by atoms with E-state index in [0.717, 1.165) is 13.1 Å². The zero-order chi connectivity index (χ0) is 12.0. The standard InChI is InChI=1S/C14H24N2/c1-5-12(3)16(4)14-9-7-13(8-10-14)11-15-6-2/h7-10,12,15H,5-6,11H2,1-4H3. The summed E-state index contributed by atoms with van der Waals surface area (Å²) in [5.41, 5.74) is 2.65. The second-order valence-corrected chi connectivity index (χ2v) is 4.31. The van der Waals surface area contributed by atoms with Crippen LogP contribution in [0.25, 0.3) is 0 Å².